The number of benzene rings is 3. The maximum absolute atomic E-state index is 13.2. The van der Waals surface area contributed by atoms with Crippen LogP contribution < -0.4 is 10.1 Å². The van der Waals surface area contributed by atoms with Crippen molar-refractivity contribution in [3.05, 3.63) is 95.5 Å². The van der Waals surface area contributed by atoms with E-state index in [-0.39, 0.29) is 22.8 Å². The Kier molecular flexibility index (Phi) is 5.30. The molecule has 150 valence electrons. The highest BCUT2D eigenvalue weighted by Gasteiger charge is 2.23. The summed E-state index contributed by atoms with van der Waals surface area (Å²) >= 11 is 0. The number of ether oxygens (including phenoxy) is 1. The minimum atomic E-state index is -0.470. The van der Waals surface area contributed by atoms with Crippen molar-refractivity contribution in [3.63, 3.8) is 0 Å². The fourth-order valence-electron chi connectivity index (χ4n) is 3.12. The molecule has 0 aliphatic rings. The molecule has 0 aliphatic heterocycles. The van der Waals surface area contributed by atoms with Crippen LogP contribution in [0.25, 0.3) is 11.0 Å². The maximum atomic E-state index is 13.2. The van der Waals surface area contributed by atoms with Crippen molar-refractivity contribution in [1.29, 1.82) is 0 Å². The van der Waals surface area contributed by atoms with Crippen LogP contribution in [0.15, 0.2) is 77.2 Å². The summed E-state index contributed by atoms with van der Waals surface area (Å²) in [6.45, 7) is 2.40. The molecule has 0 spiro atoms. The SMILES string of the molecule is CCOc1ccc(C(=O)c2oc3ccccc3c2NC(=O)c2ccc(F)cc2)cc1. The van der Waals surface area contributed by atoms with Crippen LogP contribution in [0.1, 0.15) is 33.4 Å². The van der Waals surface area contributed by atoms with Crippen LogP contribution in [-0.4, -0.2) is 18.3 Å². The van der Waals surface area contributed by atoms with Crippen molar-refractivity contribution >= 4 is 28.3 Å². The summed E-state index contributed by atoms with van der Waals surface area (Å²) in [5, 5.41) is 3.35. The number of rotatable bonds is 6. The maximum Gasteiger partial charge on any atom is 0.255 e. The van der Waals surface area contributed by atoms with Crippen LogP contribution in [0.2, 0.25) is 0 Å². The van der Waals surface area contributed by atoms with E-state index in [4.69, 9.17) is 9.15 Å². The number of hydrogen-bond acceptors (Lipinski definition) is 4. The van der Waals surface area contributed by atoms with Crippen LogP contribution in [0.3, 0.4) is 0 Å². The highest BCUT2D eigenvalue weighted by molar-refractivity contribution is 6.18. The summed E-state index contributed by atoms with van der Waals surface area (Å²) in [4.78, 5) is 25.8. The van der Waals surface area contributed by atoms with Crippen molar-refractivity contribution in [3.8, 4) is 5.75 Å². The molecule has 0 fully saturated rings. The Morgan fingerprint density at radius 2 is 1.60 bits per heavy atom. The number of ketones is 1. The normalized spacial score (nSPS) is 10.7. The van der Waals surface area contributed by atoms with E-state index >= 15 is 0 Å². The zero-order valence-corrected chi connectivity index (χ0v) is 16.1. The Morgan fingerprint density at radius 3 is 2.30 bits per heavy atom. The monoisotopic (exact) mass is 403 g/mol. The van der Waals surface area contributed by atoms with E-state index in [1.165, 1.54) is 24.3 Å². The largest absolute Gasteiger partial charge is 0.494 e. The number of anilines is 1. The van der Waals surface area contributed by atoms with Crippen molar-refractivity contribution in [1.82, 2.24) is 0 Å². The molecular weight excluding hydrogens is 385 g/mol. The number of hydrogen-bond donors (Lipinski definition) is 1. The predicted molar refractivity (Wildman–Crippen MR) is 112 cm³/mol. The average Bonchev–Trinajstić information content (AvgIpc) is 3.13. The molecule has 0 saturated carbocycles. The fourth-order valence-corrected chi connectivity index (χ4v) is 3.12. The molecule has 0 unspecified atom stereocenters. The quantitative estimate of drug-likeness (QED) is 0.435. The lowest BCUT2D eigenvalue weighted by molar-refractivity contribution is 0.101. The topological polar surface area (TPSA) is 68.5 Å². The van der Waals surface area contributed by atoms with E-state index in [9.17, 15) is 14.0 Å². The van der Waals surface area contributed by atoms with Gasteiger partial charge in [-0.25, -0.2) is 4.39 Å². The predicted octanol–water partition coefficient (Wildman–Crippen LogP) is 5.45. The van der Waals surface area contributed by atoms with Gasteiger partial charge in [-0.3, -0.25) is 9.59 Å². The number of halogens is 1. The van der Waals surface area contributed by atoms with Gasteiger partial charge in [0.1, 0.15) is 17.1 Å². The summed E-state index contributed by atoms with van der Waals surface area (Å²) in [7, 11) is 0. The molecule has 0 atom stereocenters. The van der Waals surface area contributed by atoms with Crippen LogP contribution in [-0.2, 0) is 0 Å². The summed E-state index contributed by atoms with van der Waals surface area (Å²) in [5.74, 6) is -0.600. The van der Waals surface area contributed by atoms with Gasteiger partial charge >= 0.3 is 0 Å². The lowest BCUT2D eigenvalue weighted by Gasteiger charge is -2.07. The zero-order chi connectivity index (χ0) is 21.1. The van der Waals surface area contributed by atoms with Crippen molar-refractivity contribution < 1.29 is 23.1 Å². The first-order chi connectivity index (χ1) is 14.6. The van der Waals surface area contributed by atoms with Gasteiger partial charge in [-0.05, 0) is 67.6 Å². The van der Waals surface area contributed by atoms with Gasteiger partial charge in [-0.15, -0.1) is 0 Å². The van der Waals surface area contributed by atoms with E-state index in [0.717, 1.165) is 0 Å². The fraction of sp³-hybridized carbons (Fsp3) is 0.0833. The van der Waals surface area contributed by atoms with Crippen molar-refractivity contribution in [2.24, 2.45) is 0 Å². The Morgan fingerprint density at radius 1 is 0.933 bits per heavy atom. The molecule has 1 heterocycles. The first-order valence-electron chi connectivity index (χ1n) is 9.43. The Balaban J connectivity index is 1.72. The van der Waals surface area contributed by atoms with E-state index < -0.39 is 11.7 Å². The van der Waals surface area contributed by atoms with Crippen LogP contribution in [0.4, 0.5) is 10.1 Å². The third kappa shape index (κ3) is 3.80. The van der Waals surface area contributed by atoms with Gasteiger partial charge in [0, 0.05) is 16.5 Å². The van der Waals surface area contributed by atoms with Gasteiger partial charge in [0.15, 0.2) is 5.76 Å². The molecule has 4 rings (SSSR count). The van der Waals surface area contributed by atoms with Crippen molar-refractivity contribution in [2.75, 3.05) is 11.9 Å². The molecule has 6 heteroatoms. The lowest BCUT2D eigenvalue weighted by Crippen LogP contribution is -2.14. The Hall–Kier alpha value is -3.93. The average molecular weight is 403 g/mol. The molecule has 30 heavy (non-hydrogen) atoms. The zero-order valence-electron chi connectivity index (χ0n) is 16.1. The number of para-hydroxylation sites is 1. The number of fused-ring (bicyclic) bond motifs is 1. The molecule has 1 amide bonds. The molecule has 5 nitrogen and oxygen atoms in total. The third-order valence-electron chi connectivity index (χ3n) is 4.57. The number of carbonyl (C=O) groups excluding carboxylic acids is 2. The summed E-state index contributed by atoms with van der Waals surface area (Å²) in [5.41, 5.74) is 1.41. The van der Waals surface area contributed by atoms with Crippen molar-refractivity contribution in [2.45, 2.75) is 6.92 Å². The van der Waals surface area contributed by atoms with E-state index in [0.29, 0.717) is 28.9 Å². The van der Waals surface area contributed by atoms with E-state index in [1.807, 2.05) is 6.92 Å². The Bertz CT molecular complexity index is 1210. The van der Waals surface area contributed by atoms with Gasteiger partial charge in [-0.2, -0.15) is 0 Å². The highest BCUT2D eigenvalue weighted by atomic mass is 19.1. The summed E-state index contributed by atoms with van der Waals surface area (Å²) < 4.78 is 24.4. The molecule has 0 bridgehead atoms. The molecule has 1 N–H and O–H groups in total. The first-order valence-corrected chi connectivity index (χ1v) is 9.43. The van der Waals surface area contributed by atoms with Gasteiger partial charge in [0.05, 0.1) is 12.3 Å². The third-order valence-corrected chi connectivity index (χ3v) is 4.57. The minimum Gasteiger partial charge on any atom is -0.494 e. The molecule has 4 aromatic rings. The molecule has 0 radical (unpaired) electrons. The number of nitrogens with one attached hydrogen (secondary N) is 1. The standard InChI is InChI=1S/C24H18FNO4/c1-2-29-18-13-9-15(10-14-18)22(27)23-21(19-5-3-4-6-20(19)30-23)26-24(28)16-7-11-17(25)12-8-16/h3-14H,2H2,1H3,(H,26,28). The van der Waals surface area contributed by atoms with Gasteiger partial charge in [0.2, 0.25) is 5.78 Å². The molecule has 1 aromatic heterocycles. The number of carbonyl (C=O) groups is 2. The van der Waals surface area contributed by atoms with Gasteiger partial charge in [0.25, 0.3) is 5.91 Å². The minimum absolute atomic E-state index is 0.0239. The molecular formula is C24H18FNO4. The van der Waals surface area contributed by atoms with E-state index in [1.54, 1.807) is 48.5 Å². The van der Waals surface area contributed by atoms with Crippen LogP contribution >= 0.6 is 0 Å². The summed E-state index contributed by atoms with van der Waals surface area (Å²) in [6, 6.07) is 18.9. The number of furan rings is 1. The smallest absolute Gasteiger partial charge is 0.255 e. The molecule has 0 saturated heterocycles. The summed E-state index contributed by atoms with van der Waals surface area (Å²) in [6.07, 6.45) is 0. The van der Waals surface area contributed by atoms with Crippen LogP contribution in [0, 0.1) is 5.82 Å². The Labute approximate surface area is 172 Å². The van der Waals surface area contributed by atoms with Gasteiger partial charge < -0.3 is 14.5 Å². The lowest BCUT2D eigenvalue weighted by atomic mass is 10.1. The second kappa shape index (κ2) is 8.21. The second-order valence-electron chi connectivity index (χ2n) is 6.55. The first kappa shape index (κ1) is 19.4. The molecule has 0 aliphatic carbocycles. The highest BCUT2D eigenvalue weighted by Crippen LogP contribution is 2.33. The van der Waals surface area contributed by atoms with E-state index in [2.05, 4.69) is 5.32 Å². The second-order valence-corrected chi connectivity index (χ2v) is 6.55. The molecule has 3 aromatic carbocycles. The number of amides is 1. The van der Waals surface area contributed by atoms with Crippen LogP contribution in [0.5, 0.6) is 5.75 Å². The van der Waals surface area contributed by atoms with Gasteiger partial charge in [-0.1, -0.05) is 12.1 Å².